The maximum atomic E-state index is 11.8. The fraction of sp³-hybridized carbons (Fsp3) is 0.895. The second kappa shape index (κ2) is 10.5. The Kier molecular flexibility index (Phi) is 8.35. The molecule has 2 fully saturated rings. The molecule has 0 bridgehead atoms. The van der Waals surface area contributed by atoms with E-state index in [1.165, 1.54) is 12.8 Å². The maximum Gasteiger partial charge on any atom is 0.508 e. The molecule has 0 aromatic heterocycles. The topological polar surface area (TPSA) is 71.1 Å². The van der Waals surface area contributed by atoms with Gasteiger partial charge in [-0.25, -0.2) is 9.59 Å². The first-order valence-electron chi connectivity index (χ1n) is 9.77. The van der Waals surface area contributed by atoms with Gasteiger partial charge in [0.2, 0.25) is 0 Å². The van der Waals surface area contributed by atoms with Crippen molar-refractivity contribution in [2.45, 2.75) is 96.4 Å². The average Bonchev–Trinajstić information content (AvgIpc) is 2.61. The van der Waals surface area contributed by atoms with E-state index >= 15 is 0 Å². The summed E-state index contributed by atoms with van der Waals surface area (Å²) in [5.41, 5.74) is 0. The molecule has 2 aliphatic rings. The van der Waals surface area contributed by atoms with E-state index < -0.39 is 18.4 Å². The lowest BCUT2D eigenvalue weighted by molar-refractivity contribution is -0.0395. The fourth-order valence-electron chi connectivity index (χ4n) is 3.56. The minimum absolute atomic E-state index is 0.0246. The zero-order valence-corrected chi connectivity index (χ0v) is 15.5. The summed E-state index contributed by atoms with van der Waals surface area (Å²) in [6.07, 6.45) is 8.31. The number of rotatable bonds is 6. The van der Waals surface area contributed by atoms with Crippen LogP contribution >= 0.6 is 0 Å². The fourth-order valence-corrected chi connectivity index (χ4v) is 3.56. The first-order chi connectivity index (χ1) is 12.1. The lowest BCUT2D eigenvalue weighted by Crippen LogP contribution is -2.29. The highest BCUT2D eigenvalue weighted by atomic mass is 16.8. The first kappa shape index (κ1) is 19.9. The molecule has 2 aliphatic carbocycles. The first-order valence-corrected chi connectivity index (χ1v) is 9.77. The number of hydrogen-bond acceptors (Lipinski definition) is 6. The third-order valence-corrected chi connectivity index (χ3v) is 5.18. The second-order valence-corrected chi connectivity index (χ2v) is 7.29. The summed E-state index contributed by atoms with van der Waals surface area (Å²) in [7, 11) is 0. The van der Waals surface area contributed by atoms with Crippen molar-refractivity contribution in [3.8, 4) is 0 Å². The van der Waals surface area contributed by atoms with Gasteiger partial charge >= 0.3 is 12.3 Å². The van der Waals surface area contributed by atoms with Crippen LogP contribution in [0.3, 0.4) is 0 Å². The van der Waals surface area contributed by atoms with Gasteiger partial charge in [0.15, 0.2) is 0 Å². The molecule has 0 aliphatic heterocycles. The summed E-state index contributed by atoms with van der Waals surface area (Å²) in [5, 5.41) is 0. The van der Waals surface area contributed by atoms with E-state index in [4.69, 9.17) is 18.9 Å². The Morgan fingerprint density at radius 3 is 2.12 bits per heavy atom. The lowest BCUT2D eigenvalue weighted by atomic mass is 9.86. The zero-order valence-electron chi connectivity index (χ0n) is 15.5. The molecule has 0 radical (unpaired) electrons. The molecule has 0 aromatic carbocycles. The average molecular weight is 356 g/mol. The Labute approximate surface area is 150 Å². The minimum atomic E-state index is -0.686. The van der Waals surface area contributed by atoms with E-state index in [2.05, 4.69) is 6.92 Å². The molecule has 0 amide bonds. The molecule has 1 unspecified atom stereocenters. The van der Waals surface area contributed by atoms with Gasteiger partial charge in [-0.3, -0.25) is 0 Å². The summed E-state index contributed by atoms with van der Waals surface area (Å²) in [5.74, 6) is 0.748. The summed E-state index contributed by atoms with van der Waals surface area (Å²) in [6.45, 7) is 3.84. The van der Waals surface area contributed by atoms with Crippen LogP contribution in [0.15, 0.2) is 0 Å². The van der Waals surface area contributed by atoms with E-state index in [1.807, 2.05) is 0 Å². The van der Waals surface area contributed by atoms with Gasteiger partial charge in [0, 0.05) is 0 Å². The zero-order chi connectivity index (χ0) is 18.1. The van der Waals surface area contributed by atoms with Crippen LogP contribution in [0.1, 0.15) is 78.1 Å². The summed E-state index contributed by atoms with van der Waals surface area (Å²) >= 11 is 0. The van der Waals surface area contributed by atoms with Crippen LogP contribution in [-0.4, -0.2) is 37.2 Å². The summed E-state index contributed by atoms with van der Waals surface area (Å²) in [6, 6.07) is 0. The van der Waals surface area contributed by atoms with Crippen LogP contribution in [-0.2, 0) is 18.9 Å². The van der Waals surface area contributed by atoms with Crippen LogP contribution in [0.2, 0.25) is 0 Å². The molecule has 0 aromatic rings. The molecule has 0 N–H and O–H groups in total. The quantitative estimate of drug-likeness (QED) is 0.625. The van der Waals surface area contributed by atoms with Crippen molar-refractivity contribution >= 4 is 12.3 Å². The van der Waals surface area contributed by atoms with E-state index in [9.17, 15) is 9.59 Å². The summed E-state index contributed by atoms with van der Waals surface area (Å²) in [4.78, 5) is 23.5. The van der Waals surface area contributed by atoms with Crippen molar-refractivity contribution in [1.29, 1.82) is 0 Å². The van der Waals surface area contributed by atoms with Gasteiger partial charge in [-0.2, -0.15) is 0 Å². The van der Waals surface area contributed by atoms with Gasteiger partial charge in [-0.1, -0.05) is 19.8 Å². The molecule has 6 nitrogen and oxygen atoms in total. The predicted octanol–water partition coefficient (Wildman–Crippen LogP) is 4.98. The van der Waals surface area contributed by atoms with Crippen molar-refractivity contribution in [3.05, 3.63) is 0 Å². The smallest absolute Gasteiger partial charge is 0.431 e. The Bertz CT molecular complexity index is 410. The number of carbonyl (C=O) groups is 2. The van der Waals surface area contributed by atoms with E-state index in [0.717, 1.165) is 57.3 Å². The Hall–Kier alpha value is -1.46. The molecular weight excluding hydrogens is 324 g/mol. The van der Waals surface area contributed by atoms with E-state index in [1.54, 1.807) is 6.92 Å². The van der Waals surface area contributed by atoms with Crippen LogP contribution in [0.4, 0.5) is 9.59 Å². The largest absolute Gasteiger partial charge is 0.508 e. The molecule has 0 heterocycles. The highest BCUT2D eigenvalue weighted by Gasteiger charge is 2.25. The molecule has 0 spiro atoms. The Balaban J connectivity index is 1.57. The number of carbonyl (C=O) groups excluding carboxylic acids is 2. The van der Waals surface area contributed by atoms with Crippen molar-refractivity contribution in [1.82, 2.24) is 0 Å². The molecule has 1 atom stereocenters. The molecule has 6 heteroatoms. The number of hydrogen-bond donors (Lipinski definition) is 0. The van der Waals surface area contributed by atoms with Crippen molar-refractivity contribution < 1.29 is 28.5 Å². The lowest BCUT2D eigenvalue weighted by Gasteiger charge is -2.27. The minimum Gasteiger partial charge on any atom is -0.431 e. The molecule has 2 rings (SSSR count). The third kappa shape index (κ3) is 7.53. The van der Waals surface area contributed by atoms with Crippen molar-refractivity contribution in [3.63, 3.8) is 0 Å². The summed E-state index contributed by atoms with van der Waals surface area (Å²) < 4.78 is 20.8. The van der Waals surface area contributed by atoms with Crippen LogP contribution in [0.25, 0.3) is 0 Å². The van der Waals surface area contributed by atoms with Crippen molar-refractivity contribution in [2.75, 3.05) is 6.61 Å². The Morgan fingerprint density at radius 1 is 0.880 bits per heavy atom. The molecule has 0 saturated heterocycles. The van der Waals surface area contributed by atoms with Crippen molar-refractivity contribution in [2.24, 2.45) is 5.92 Å². The Morgan fingerprint density at radius 2 is 1.48 bits per heavy atom. The molecule has 25 heavy (non-hydrogen) atoms. The second-order valence-electron chi connectivity index (χ2n) is 7.29. The molecule has 144 valence electrons. The molecule has 2 saturated carbocycles. The maximum absolute atomic E-state index is 11.8. The van der Waals surface area contributed by atoms with Crippen LogP contribution in [0.5, 0.6) is 0 Å². The predicted molar refractivity (Wildman–Crippen MR) is 92.4 cm³/mol. The van der Waals surface area contributed by atoms with Gasteiger partial charge in [0.25, 0.3) is 0 Å². The van der Waals surface area contributed by atoms with Gasteiger partial charge in [-0.15, -0.1) is 0 Å². The van der Waals surface area contributed by atoms with Gasteiger partial charge in [-0.05, 0) is 64.2 Å². The normalized spacial score (nSPS) is 25.7. The third-order valence-electron chi connectivity index (χ3n) is 5.18. The van der Waals surface area contributed by atoms with E-state index in [-0.39, 0.29) is 18.8 Å². The number of ether oxygens (including phenoxy) is 4. The van der Waals surface area contributed by atoms with Gasteiger partial charge in [0.05, 0.1) is 0 Å². The highest BCUT2D eigenvalue weighted by Crippen LogP contribution is 2.28. The van der Waals surface area contributed by atoms with Crippen LogP contribution < -0.4 is 0 Å². The van der Waals surface area contributed by atoms with Crippen LogP contribution in [0, 0.1) is 5.92 Å². The molecular formula is C19H32O6. The van der Waals surface area contributed by atoms with Gasteiger partial charge in [0.1, 0.15) is 24.9 Å². The monoisotopic (exact) mass is 356 g/mol. The van der Waals surface area contributed by atoms with Gasteiger partial charge < -0.3 is 18.9 Å². The SMILES string of the molecule is CCC1CCC(OC(=O)OC(C)COC(=O)OC2CCCCC2)CC1. The highest BCUT2D eigenvalue weighted by molar-refractivity contribution is 5.61. The standard InChI is InChI=1S/C19H32O6/c1-3-15-9-11-17(12-10-15)25-19(21)23-14(2)13-22-18(20)24-16-7-5-4-6-8-16/h14-17H,3-13H2,1-2H3. The van der Waals surface area contributed by atoms with E-state index in [0.29, 0.717) is 0 Å².